The van der Waals surface area contributed by atoms with Gasteiger partial charge < -0.3 is 5.11 Å². The van der Waals surface area contributed by atoms with E-state index in [0.717, 1.165) is 6.42 Å². The van der Waals surface area contributed by atoms with Crippen LogP contribution in [0.5, 0.6) is 0 Å². The minimum atomic E-state index is -3.79. The molecule has 1 aromatic carbocycles. The van der Waals surface area contributed by atoms with Crippen LogP contribution in [-0.4, -0.2) is 36.5 Å². The minimum absolute atomic E-state index is 0.0559. The molecule has 108 valence electrons. The molecule has 1 aliphatic heterocycles. The molecule has 0 spiro atoms. The van der Waals surface area contributed by atoms with Crippen LogP contribution in [0.4, 0.5) is 0 Å². The maximum atomic E-state index is 12.4. The Kier molecular flexibility index (Phi) is 4.07. The molecule has 0 bridgehead atoms. The highest BCUT2D eigenvalue weighted by molar-refractivity contribution is 7.89. The largest absolute Gasteiger partial charge is 0.387 e. The zero-order valence-corrected chi connectivity index (χ0v) is 12.6. The number of β-amino-alcohol motifs (C(OH)–C–C–N with tert-alkyl or cyclic N) is 1. The molecule has 1 fully saturated rings. The molecular formula is C13H15ClN2O3S. The molecule has 1 saturated heterocycles. The van der Waals surface area contributed by atoms with Gasteiger partial charge in [-0.15, -0.1) is 0 Å². The van der Waals surface area contributed by atoms with E-state index in [2.05, 4.69) is 0 Å². The molecule has 0 aliphatic carbocycles. The maximum Gasteiger partial charge on any atom is 0.244 e. The monoisotopic (exact) mass is 314 g/mol. The van der Waals surface area contributed by atoms with Crippen molar-refractivity contribution in [1.29, 1.82) is 5.26 Å². The Hall–Kier alpha value is -1.13. The molecule has 0 saturated carbocycles. The summed E-state index contributed by atoms with van der Waals surface area (Å²) in [5.74, 6) is 0. The van der Waals surface area contributed by atoms with Crippen molar-refractivity contribution in [3.63, 3.8) is 0 Å². The number of hydrogen-bond acceptors (Lipinski definition) is 4. The molecule has 5 nitrogen and oxygen atoms in total. The van der Waals surface area contributed by atoms with E-state index in [-0.39, 0.29) is 28.6 Å². The molecule has 1 N–H and O–H groups in total. The summed E-state index contributed by atoms with van der Waals surface area (Å²) in [6, 6.07) is 5.98. The topological polar surface area (TPSA) is 81.4 Å². The van der Waals surface area contributed by atoms with Crippen LogP contribution in [0.3, 0.4) is 0 Å². The first-order chi connectivity index (χ1) is 9.32. The average molecular weight is 315 g/mol. The van der Waals surface area contributed by atoms with Gasteiger partial charge in [-0.2, -0.15) is 9.57 Å². The smallest absolute Gasteiger partial charge is 0.244 e. The van der Waals surface area contributed by atoms with Crippen molar-refractivity contribution in [3.8, 4) is 6.07 Å². The summed E-state index contributed by atoms with van der Waals surface area (Å²) in [4.78, 5) is -0.106. The fourth-order valence-electron chi connectivity index (χ4n) is 2.34. The number of hydrogen-bond donors (Lipinski definition) is 1. The molecule has 1 aromatic rings. The van der Waals surface area contributed by atoms with E-state index in [0.29, 0.717) is 6.42 Å². The van der Waals surface area contributed by atoms with Crippen molar-refractivity contribution in [2.24, 2.45) is 0 Å². The van der Waals surface area contributed by atoms with Gasteiger partial charge in [0.15, 0.2) is 0 Å². The summed E-state index contributed by atoms with van der Waals surface area (Å²) in [6.45, 7) is 2.04. The molecule has 2 rings (SSSR count). The summed E-state index contributed by atoms with van der Waals surface area (Å²) < 4.78 is 26.1. The van der Waals surface area contributed by atoms with Crippen LogP contribution in [-0.2, 0) is 10.0 Å². The van der Waals surface area contributed by atoms with E-state index in [1.165, 1.54) is 22.5 Å². The third kappa shape index (κ3) is 2.67. The van der Waals surface area contributed by atoms with Gasteiger partial charge in [0.05, 0.1) is 11.2 Å². The van der Waals surface area contributed by atoms with E-state index in [4.69, 9.17) is 16.9 Å². The van der Waals surface area contributed by atoms with Gasteiger partial charge in [0.1, 0.15) is 11.0 Å². The van der Waals surface area contributed by atoms with Crippen LogP contribution in [0, 0.1) is 11.3 Å². The van der Waals surface area contributed by atoms with E-state index in [1.807, 2.05) is 13.0 Å². The van der Waals surface area contributed by atoms with Crippen molar-refractivity contribution in [3.05, 3.63) is 28.8 Å². The second-order valence-corrected chi connectivity index (χ2v) is 7.34. The summed E-state index contributed by atoms with van der Waals surface area (Å²) in [6.07, 6.45) is 1.34. The van der Waals surface area contributed by atoms with Crippen LogP contribution < -0.4 is 0 Å². The summed E-state index contributed by atoms with van der Waals surface area (Å²) in [5.41, 5.74) is -0.895. The molecule has 1 heterocycles. The van der Waals surface area contributed by atoms with Crippen molar-refractivity contribution in [2.75, 3.05) is 13.1 Å². The Morgan fingerprint density at radius 2 is 2.15 bits per heavy atom. The lowest BCUT2D eigenvalue weighted by atomic mass is 9.92. The van der Waals surface area contributed by atoms with Gasteiger partial charge in [-0.05, 0) is 24.6 Å². The zero-order chi connectivity index (χ0) is 15.0. The molecular weight excluding hydrogens is 300 g/mol. The van der Waals surface area contributed by atoms with Gasteiger partial charge in [0.25, 0.3) is 0 Å². The second-order valence-electron chi connectivity index (χ2n) is 5.00. The van der Waals surface area contributed by atoms with E-state index >= 15 is 0 Å². The average Bonchev–Trinajstić information content (AvgIpc) is 2.36. The predicted octanol–water partition coefficient (Wildman–Crippen LogP) is 1.75. The first-order valence-corrected chi connectivity index (χ1v) is 8.06. The normalized spacial score (nSPS) is 18.3. The predicted molar refractivity (Wildman–Crippen MR) is 74.8 cm³/mol. The van der Waals surface area contributed by atoms with Crippen molar-refractivity contribution in [1.82, 2.24) is 4.31 Å². The molecule has 1 aliphatic rings. The van der Waals surface area contributed by atoms with Crippen LogP contribution in [0.2, 0.25) is 5.02 Å². The fourth-order valence-corrected chi connectivity index (χ4v) is 4.35. The highest BCUT2D eigenvalue weighted by Gasteiger charge is 2.47. The Morgan fingerprint density at radius 1 is 1.50 bits per heavy atom. The summed E-state index contributed by atoms with van der Waals surface area (Å²) >= 11 is 5.81. The third-order valence-electron chi connectivity index (χ3n) is 3.34. The van der Waals surface area contributed by atoms with Crippen LogP contribution in [0.1, 0.15) is 25.3 Å². The Labute approximate surface area is 123 Å². The minimum Gasteiger partial charge on any atom is -0.387 e. The number of benzene rings is 1. The number of nitriles is 1. The third-order valence-corrected chi connectivity index (χ3v) is 5.41. The molecule has 0 atom stereocenters. The van der Waals surface area contributed by atoms with Crippen LogP contribution in [0.15, 0.2) is 23.1 Å². The van der Waals surface area contributed by atoms with Gasteiger partial charge in [0, 0.05) is 18.1 Å². The van der Waals surface area contributed by atoms with Crippen LogP contribution >= 0.6 is 11.6 Å². The fraction of sp³-hybridized carbons (Fsp3) is 0.462. The van der Waals surface area contributed by atoms with E-state index in [9.17, 15) is 13.5 Å². The van der Waals surface area contributed by atoms with E-state index in [1.54, 1.807) is 0 Å². The molecule has 0 amide bonds. The summed E-state index contributed by atoms with van der Waals surface area (Å²) in [5, 5.41) is 19.3. The standard InChI is InChI=1S/C13H15ClN2O3S/c1-2-5-13(17)8-16(9-13)20(18,19)12-6-11(14)4-3-10(12)7-15/h3-4,6,17H,2,5,8-9H2,1H3. The summed E-state index contributed by atoms with van der Waals surface area (Å²) in [7, 11) is -3.79. The molecule has 7 heteroatoms. The van der Waals surface area contributed by atoms with Gasteiger partial charge in [-0.3, -0.25) is 0 Å². The Balaban J connectivity index is 2.30. The maximum absolute atomic E-state index is 12.4. The second kappa shape index (κ2) is 5.34. The van der Waals surface area contributed by atoms with Crippen molar-refractivity contribution < 1.29 is 13.5 Å². The molecule has 0 radical (unpaired) electrons. The Morgan fingerprint density at radius 3 is 2.70 bits per heavy atom. The van der Waals surface area contributed by atoms with Crippen molar-refractivity contribution >= 4 is 21.6 Å². The molecule has 20 heavy (non-hydrogen) atoms. The van der Waals surface area contributed by atoms with Gasteiger partial charge >= 0.3 is 0 Å². The number of halogens is 1. The number of rotatable bonds is 4. The van der Waals surface area contributed by atoms with Crippen LogP contribution in [0.25, 0.3) is 0 Å². The molecule has 0 unspecified atom stereocenters. The van der Waals surface area contributed by atoms with Gasteiger partial charge in [-0.25, -0.2) is 8.42 Å². The zero-order valence-electron chi connectivity index (χ0n) is 11.0. The van der Waals surface area contributed by atoms with Crippen molar-refractivity contribution in [2.45, 2.75) is 30.3 Å². The first-order valence-electron chi connectivity index (χ1n) is 6.24. The molecule has 0 aromatic heterocycles. The number of nitrogens with zero attached hydrogens (tertiary/aromatic N) is 2. The highest BCUT2D eigenvalue weighted by atomic mass is 35.5. The lowest BCUT2D eigenvalue weighted by Crippen LogP contribution is -2.63. The number of aliphatic hydroxyl groups is 1. The van der Waals surface area contributed by atoms with Gasteiger partial charge in [-0.1, -0.05) is 24.9 Å². The lowest BCUT2D eigenvalue weighted by molar-refractivity contribution is -0.0653. The van der Waals surface area contributed by atoms with Gasteiger partial charge in [0.2, 0.25) is 10.0 Å². The first kappa shape index (κ1) is 15.3. The lowest BCUT2D eigenvalue weighted by Gasteiger charge is -2.45. The number of sulfonamides is 1. The SMILES string of the molecule is CCCC1(O)CN(S(=O)(=O)c2cc(Cl)ccc2C#N)C1. The Bertz CT molecular complexity index is 661. The quantitative estimate of drug-likeness (QED) is 0.918. The highest BCUT2D eigenvalue weighted by Crippen LogP contribution is 2.33. The van der Waals surface area contributed by atoms with E-state index < -0.39 is 15.6 Å².